The van der Waals surface area contributed by atoms with Crippen molar-refractivity contribution in [1.82, 2.24) is 4.90 Å². The maximum Gasteiger partial charge on any atom is 0.321 e. The Morgan fingerprint density at radius 2 is 1.95 bits per heavy atom. The molecular formula is C14H16BrN3O. The lowest BCUT2D eigenvalue weighted by molar-refractivity contribution is 0.214. The average molecular weight is 322 g/mol. The van der Waals surface area contributed by atoms with Crippen molar-refractivity contribution >= 4 is 27.6 Å². The molecule has 1 N–H and O–H groups in total. The predicted molar refractivity (Wildman–Crippen MR) is 77.9 cm³/mol. The second-order valence-electron chi connectivity index (χ2n) is 4.63. The zero-order chi connectivity index (χ0) is 13.7. The van der Waals surface area contributed by atoms with E-state index in [-0.39, 0.29) is 6.03 Å². The summed E-state index contributed by atoms with van der Waals surface area (Å²) in [7, 11) is 0. The topological polar surface area (TPSA) is 56.1 Å². The molecule has 0 aliphatic carbocycles. The van der Waals surface area contributed by atoms with Crippen molar-refractivity contribution < 1.29 is 4.79 Å². The fourth-order valence-electron chi connectivity index (χ4n) is 2.19. The molecular weight excluding hydrogens is 306 g/mol. The van der Waals surface area contributed by atoms with Crippen molar-refractivity contribution in [3.05, 3.63) is 28.2 Å². The van der Waals surface area contributed by atoms with E-state index in [9.17, 15) is 4.79 Å². The molecule has 1 heterocycles. The largest absolute Gasteiger partial charge is 0.325 e. The number of halogens is 1. The first kappa shape index (κ1) is 13.9. The fourth-order valence-corrected chi connectivity index (χ4v) is 2.55. The van der Waals surface area contributed by atoms with E-state index in [1.807, 2.05) is 4.90 Å². The molecule has 2 rings (SSSR count). The summed E-state index contributed by atoms with van der Waals surface area (Å²) in [5.41, 5.74) is 1.04. The predicted octanol–water partition coefficient (Wildman–Crippen LogP) is 3.73. The first-order chi connectivity index (χ1) is 9.20. The van der Waals surface area contributed by atoms with Gasteiger partial charge < -0.3 is 10.2 Å². The van der Waals surface area contributed by atoms with Crippen LogP contribution >= 0.6 is 15.9 Å². The number of carbonyl (C=O) groups excluding carboxylic acids is 1. The van der Waals surface area contributed by atoms with Gasteiger partial charge in [0, 0.05) is 17.6 Å². The van der Waals surface area contributed by atoms with E-state index in [0.29, 0.717) is 11.3 Å². The maximum atomic E-state index is 12.2. The number of nitrogens with zero attached hydrogens (tertiary/aromatic N) is 2. The molecule has 0 atom stereocenters. The van der Waals surface area contributed by atoms with E-state index < -0.39 is 0 Å². The number of hydrogen-bond acceptors (Lipinski definition) is 2. The van der Waals surface area contributed by atoms with E-state index in [0.717, 1.165) is 30.4 Å². The lowest BCUT2D eigenvalue weighted by Crippen LogP contribution is -2.35. The van der Waals surface area contributed by atoms with Gasteiger partial charge in [-0.25, -0.2) is 4.79 Å². The number of benzene rings is 1. The van der Waals surface area contributed by atoms with Gasteiger partial charge in [0.05, 0.1) is 11.3 Å². The summed E-state index contributed by atoms with van der Waals surface area (Å²) in [6, 6.07) is 7.22. The minimum atomic E-state index is -0.114. The molecule has 1 saturated heterocycles. The number of carbonyl (C=O) groups is 1. The monoisotopic (exact) mass is 321 g/mol. The molecule has 100 valence electrons. The average Bonchev–Trinajstić information content (AvgIpc) is 2.68. The van der Waals surface area contributed by atoms with Crippen molar-refractivity contribution in [3.63, 3.8) is 0 Å². The highest BCUT2D eigenvalue weighted by Gasteiger charge is 2.16. The second-order valence-corrected chi connectivity index (χ2v) is 5.55. The van der Waals surface area contributed by atoms with Crippen LogP contribution in [0.1, 0.15) is 31.2 Å². The molecule has 0 unspecified atom stereocenters. The van der Waals surface area contributed by atoms with Gasteiger partial charge in [-0.15, -0.1) is 0 Å². The minimum Gasteiger partial charge on any atom is -0.325 e. The van der Waals surface area contributed by atoms with Crippen LogP contribution in [0.15, 0.2) is 22.7 Å². The number of urea groups is 1. The Morgan fingerprint density at radius 1 is 1.26 bits per heavy atom. The third-order valence-electron chi connectivity index (χ3n) is 3.24. The molecule has 1 aromatic rings. The van der Waals surface area contributed by atoms with Crippen molar-refractivity contribution in [2.24, 2.45) is 0 Å². The molecule has 0 radical (unpaired) electrons. The smallest absolute Gasteiger partial charge is 0.321 e. The Morgan fingerprint density at radius 3 is 2.58 bits per heavy atom. The van der Waals surface area contributed by atoms with Gasteiger partial charge in [-0.05, 0) is 31.0 Å². The quantitative estimate of drug-likeness (QED) is 0.856. The van der Waals surface area contributed by atoms with Gasteiger partial charge in [0.2, 0.25) is 0 Å². The highest BCUT2D eigenvalue weighted by Crippen LogP contribution is 2.21. The number of rotatable bonds is 1. The van der Waals surface area contributed by atoms with Gasteiger partial charge >= 0.3 is 6.03 Å². The molecule has 1 aliphatic rings. The first-order valence-corrected chi connectivity index (χ1v) is 7.25. The van der Waals surface area contributed by atoms with Crippen LogP contribution in [0.3, 0.4) is 0 Å². The van der Waals surface area contributed by atoms with Crippen LogP contribution in [0, 0.1) is 11.3 Å². The molecule has 19 heavy (non-hydrogen) atoms. The number of nitriles is 1. The van der Waals surface area contributed by atoms with E-state index in [2.05, 4.69) is 27.3 Å². The molecule has 4 nitrogen and oxygen atoms in total. The number of amides is 2. The van der Waals surface area contributed by atoms with Crippen molar-refractivity contribution in [1.29, 1.82) is 5.26 Å². The molecule has 2 amide bonds. The summed E-state index contributed by atoms with van der Waals surface area (Å²) in [6.45, 7) is 1.59. The minimum absolute atomic E-state index is 0.114. The molecule has 1 aromatic carbocycles. The number of anilines is 1. The van der Waals surface area contributed by atoms with Gasteiger partial charge in [-0.3, -0.25) is 0 Å². The molecule has 5 heteroatoms. The van der Waals surface area contributed by atoms with Crippen LogP contribution < -0.4 is 5.32 Å². The van der Waals surface area contributed by atoms with Crippen LogP contribution in [-0.2, 0) is 0 Å². The number of nitrogens with one attached hydrogen (secondary N) is 1. The summed E-state index contributed by atoms with van der Waals surface area (Å²) >= 11 is 3.35. The lowest BCUT2D eigenvalue weighted by Gasteiger charge is -2.21. The summed E-state index contributed by atoms with van der Waals surface area (Å²) in [5.74, 6) is 0. The van der Waals surface area contributed by atoms with Gasteiger partial charge in [0.25, 0.3) is 0 Å². The van der Waals surface area contributed by atoms with Crippen molar-refractivity contribution in [3.8, 4) is 6.07 Å². The standard InChI is InChI=1S/C14H16BrN3O/c15-12-6-5-11(10-16)13(9-12)17-14(19)18-7-3-1-2-4-8-18/h5-6,9H,1-4,7-8H2,(H,17,19). The maximum absolute atomic E-state index is 12.2. The molecule has 0 aromatic heterocycles. The Labute approximate surface area is 121 Å². The Kier molecular flexibility index (Phi) is 4.80. The van der Waals surface area contributed by atoms with Crippen LogP contribution in [0.2, 0.25) is 0 Å². The molecule has 1 fully saturated rings. The summed E-state index contributed by atoms with van der Waals surface area (Å²) < 4.78 is 0.845. The van der Waals surface area contributed by atoms with E-state index >= 15 is 0 Å². The highest BCUT2D eigenvalue weighted by atomic mass is 79.9. The summed E-state index contributed by atoms with van der Waals surface area (Å²) in [4.78, 5) is 14.0. The summed E-state index contributed by atoms with van der Waals surface area (Å²) in [5, 5.41) is 11.9. The third kappa shape index (κ3) is 3.71. The van der Waals surface area contributed by atoms with E-state index in [4.69, 9.17) is 5.26 Å². The Bertz CT molecular complexity index is 502. The van der Waals surface area contributed by atoms with Crippen molar-refractivity contribution in [2.45, 2.75) is 25.7 Å². The van der Waals surface area contributed by atoms with E-state index in [1.165, 1.54) is 12.8 Å². The first-order valence-electron chi connectivity index (χ1n) is 6.46. The molecule has 0 saturated carbocycles. The van der Waals surface area contributed by atoms with Gasteiger partial charge in [0.1, 0.15) is 6.07 Å². The van der Waals surface area contributed by atoms with Gasteiger partial charge in [-0.1, -0.05) is 28.8 Å². The van der Waals surface area contributed by atoms with Gasteiger partial charge in [0.15, 0.2) is 0 Å². The van der Waals surface area contributed by atoms with Crippen LogP contribution in [0.4, 0.5) is 10.5 Å². The Balaban J connectivity index is 2.09. The van der Waals surface area contributed by atoms with Gasteiger partial charge in [-0.2, -0.15) is 5.26 Å². The van der Waals surface area contributed by atoms with Crippen molar-refractivity contribution in [2.75, 3.05) is 18.4 Å². The molecule has 0 spiro atoms. The van der Waals surface area contributed by atoms with Crippen LogP contribution in [0.25, 0.3) is 0 Å². The van der Waals surface area contributed by atoms with Crippen LogP contribution in [-0.4, -0.2) is 24.0 Å². The normalized spacial score (nSPS) is 15.5. The van der Waals surface area contributed by atoms with Crippen LogP contribution in [0.5, 0.6) is 0 Å². The highest BCUT2D eigenvalue weighted by molar-refractivity contribution is 9.10. The second kappa shape index (κ2) is 6.58. The fraction of sp³-hybridized carbons (Fsp3) is 0.429. The Hall–Kier alpha value is -1.54. The molecule has 1 aliphatic heterocycles. The zero-order valence-electron chi connectivity index (χ0n) is 10.7. The SMILES string of the molecule is N#Cc1ccc(Br)cc1NC(=O)N1CCCCCC1. The number of hydrogen-bond donors (Lipinski definition) is 1. The third-order valence-corrected chi connectivity index (χ3v) is 3.73. The zero-order valence-corrected chi connectivity index (χ0v) is 12.2. The number of likely N-dealkylation sites (tertiary alicyclic amines) is 1. The molecule has 0 bridgehead atoms. The summed E-state index contributed by atoms with van der Waals surface area (Å²) in [6.07, 6.45) is 4.47. The lowest BCUT2D eigenvalue weighted by atomic mass is 10.2. The van der Waals surface area contributed by atoms with E-state index in [1.54, 1.807) is 18.2 Å².